The molecule has 2 N–H and O–H groups in total. The minimum absolute atomic E-state index is 0.0450. The maximum absolute atomic E-state index is 5.77. The van der Waals surface area contributed by atoms with Crippen LogP contribution in [0, 0.1) is 0 Å². The van der Waals surface area contributed by atoms with Crippen LogP contribution in [0.25, 0.3) is 11.0 Å². The van der Waals surface area contributed by atoms with Gasteiger partial charge in [0.25, 0.3) is 0 Å². The number of anilines is 1. The lowest BCUT2D eigenvalue weighted by molar-refractivity contribution is -0.0755. The topological polar surface area (TPSA) is 84.4 Å². The number of hydrogen-bond donors (Lipinski definition) is 2. The quantitative estimate of drug-likeness (QED) is 0.905. The van der Waals surface area contributed by atoms with Crippen LogP contribution in [0.3, 0.4) is 0 Å². The standard InChI is InChI=1S/C17H21N5O2/c1-4-17(5-1)8-14(22-24-17)12-9-18-16-13(10-19-21-16)15(12)20-11-2-6-23-7-3-11/h9-11H,1-8H2,(H2,18,19,20,21). The Labute approximate surface area is 139 Å². The summed E-state index contributed by atoms with van der Waals surface area (Å²) in [5.41, 5.74) is 3.86. The Kier molecular flexibility index (Phi) is 3.22. The number of fused-ring (bicyclic) bond motifs is 1. The summed E-state index contributed by atoms with van der Waals surface area (Å²) >= 11 is 0. The van der Waals surface area contributed by atoms with E-state index in [2.05, 4.69) is 25.7 Å². The molecule has 7 nitrogen and oxygen atoms in total. The zero-order chi connectivity index (χ0) is 16.0. The number of pyridine rings is 1. The molecule has 24 heavy (non-hydrogen) atoms. The van der Waals surface area contributed by atoms with Gasteiger partial charge in [-0.3, -0.25) is 5.10 Å². The lowest BCUT2D eigenvalue weighted by atomic mass is 9.76. The van der Waals surface area contributed by atoms with E-state index in [0.717, 1.165) is 73.3 Å². The normalized spacial score (nSPS) is 23.1. The third-order valence-electron chi connectivity index (χ3n) is 5.47. The van der Waals surface area contributed by atoms with Crippen LogP contribution >= 0.6 is 0 Å². The van der Waals surface area contributed by atoms with Crippen molar-refractivity contribution in [2.75, 3.05) is 18.5 Å². The second-order valence-electron chi connectivity index (χ2n) is 7.05. The predicted octanol–water partition coefficient (Wildman–Crippen LogP) is 2.60. The van der Waals surface area contributed by atoms with E-state index in [1.807, 2.05) is 12.4 Å². The van der Waals surface area contributed by atoms with Crippen molar-refractivity contribution in [3.63, 3.8) is 0 Å². The summed E-state index contributed by atoms with van der Waals surface area (Å²) in [5.74, 6) is 0. The first-order valence-electron chi connectivity index (χ1n) is 8.75. The molecule has 0 amide bonds. The molecule has 0 bridgehead atoms. The van der Waals surface area contributed by atoms with Crippen molar-refractivity contribution in [3.05, 3.63) is 18.0 Å². The van der Waals surface area contributed by atoms with Gasteiger partial charge in [0.15, 0.2) is 5.65 Å². The van der Waals surface area contributed by atoms with E-state index in [1.165, 1.54) is 6.42 Å². The molecule has 1 saturated heterocycles. The largest absolute Gasteiger partial charge is 0.389 e. The highest BCUT2D eigenvalue weighted by molar-refractivity contribution is 6.10. The number of rotatable bonds is 3. The highest BCUT2D eigenvalue weighted by Gasteiger charge is 2.45. The van der Waals surface area contributed by atoms with E-state index in [0.29, 0.717) is 6.04 Å². The average molecular weight is 327 g/mol. The smallest absolute Gasteiger partial charge is 0.157 e. The van der Waals surface area contributed by atoms with Gasteiger partial charge in [-0.1, -0.05) is 5.16 Å². The molecule has 7 heteroatoms. The zero-order valence-corrected chi connectivity index (χ0v) is 13.5. The Bertz CT molecular complexity index is 789. The Morgan fingerprint density at radius 1 is 1.21 bits per heavy atom. The SMILES string of the molecule is c1nc2[nH]ncc2c(NC2CCOCC2)c1C1=NOC2(CCC2)C1. The molecule has 0 radical (unpaired) electrons. The number of nitrogens with one attached hydrogen (secondary N) is 2. The van der Waals surface area contributed by atoms with Gasteiger partial charge in [-0.05, 0) is 32.1 Å². The first-order valence-corrected chi connectivity index (χ1v) is 8.75. The Balaban J connectivity index is 1.51. The number of aromatic nitrogens is 3. The van der Waals surface area contributed by atoms with Crippen molar-refractivity contribution in [3.8, 4) is 0 Å². The van der Waals surface area contributed by atoms with Gasteiger partial charge in [-0.15, -0.1) is 0 Å². The molecule has 2 aromatic heterocycles. The number of hydrogen-bond acceptors (Lipinski definition) is 6. The van der Waals surface area contributed by atoms with Crippen molar-refractivity contribution in [1.82, 2.24) is 15.2 Å². The van der Waals surface area contributed by atoms with Crippen LogP contribution in [-0.2, 0) is 9.57 Å². The van der Waals surface area contributed by atoms with Gasteiger partial charge in [-0.25, -0.2) is 4.98 Å². The molecular formula is C17H21N5O2. The molecule has 0 atom stereocenters. The molecule has 5 rings (SSSR count). The first kappa shape index (κ1) is 14.2. The second kappa shape index (κ2) is 5.44. The number of nitrogens with zero attached hydrogens (tertiary/aromatic N) is 3. The summed E-state index contributed by atoms with van der Waals surface area (Å²) < 4.78 is 5.47. The first-order chi connectivity index (χ1) is 11.8. The average Bonchev–Trinajstić information content (AvgIpc) is 3.23. The molecule has 3 aliphatic rings. The van der Waals surface area contributed by atoms with Crippen LogP contribution in [0.2, 0.25) is 0 Å². The molecule has 0 aromatic carbocycles. The van der Waals surface area contributed by atoms with Crippen LogP contribution in [0.4, 0.5) is 5.69 Å². The van der Waals surface area contributed by atoms with Gasteiger partial charge in [-0.2, -0.15) is 5.10 Å². The molecule has 2 aliphatic heterocycles. The Morgan fingerprint density at radius 2 is 2.08 bits per heavy atom. The predicted molar refractivity (Wildman–Crippen MR) is 90.2 cm³/mol. The summed E-state index contributed by atoms with van der Waals surface area (Å²) in [7, 11) is 0. The fraction of sp³-hybridized carbons (Fsp3) is 0.588. The van der Waals surface area contributed by atoms with E-state index in [4.69, 9.17) is 9.57 Å². The van der Waals surface area contributed by atoms with E-state index in [9.17, 15) is 0 Å². The number of aromatic amines is 1. The third-order valence-corrected chi connectivity index (χ3v) is 5.47. The second-order valence-corrected chi connectivity index (χ2v) is 7.05. The van der Waals surface area contributed by atoms with E-state index < -0.39 is 0 Å². The summed E-state index contributed by atoms with van der Waals surface area (Å²) in [4.78, 5) is 10.3. The molecule has 126 valence electrons. The minimum Gasteiger partial charge on any atom is -0.389 e. The van der Waals surface area contributed by atoms with Gasteiger partial charge in [0.05, 0.1) is 23.0 Å². The molecule has 4 heterocycles. The molecule has 0 unspecified atom stereocenters. The van der Waals surface area contributed by atoms with Gasteiger partial charge in [0.1, 0.15) is 5.60 Å². The van der Waals surface area contributed by atoms with Crippen molar-refractivity contribution in [1.29, 1.82) is 0 Å². The molecule has 1 spiro atoms. The Morgan fingerprint density at radius 3 is 2.83 bits per heavy atom. The summed E-state index contributed by atoms with van der Waals surface area (Å²) in [6.07, 6.45) is 10.1. The van der Waals surface area contributed by atoms with Gasteiger partial charge in [0.2, 0.25) is 0 Å². The Hall–Kier alpha value is -2.15. The van der Waals surface area contributed by atoms with Gasteiger partial charge >= 0.3 is 0 Å². The van der Waals surface area contributed by atoms with Crippen molar-refractivity contribution in [2.24, 2.45) is 5.16 Å². The monoisotopic (exact) mass is 327 g/mol. The van der Waals surface area contributed by atoms with Crippen LogP contribution in [0.5, 0.6) is 0 Å². The molecule has 1 saturated carbocycles. The lowest BCUT2D eigenvalue weighted by Gasteiger charge is -2.34. The highest BCUT2D eigenvalue weighted by Crippen LogP contribution is 2.44. The molecule has 1 aliphatic carbocycles. The van der Waals surface area contributed by atoms with Crippen LogP contribution in [0.15, 0.2) is 17.5 Å². The van der Waals surface area contributed by atoms with Crippen molar-refractivity contribution in [2.45, 2.75) is 50.2 Å². The third kappa shape index (κ3) is 2.26. The van der Waals surface area contributed by atoms with Crippen molar-refractivity contribution >= 4 is 22.4 Å². The van der Waals surface area contributed by atoms with Crippen LogP contribution in [0.1, 0.15) is 44.1 Å². The molecular weight excluding hydrogens is 306 g/mol. The zero-order valence-electron chi connectivity index (χ0n) is 13.5. The van der Waals surface area contributed by atoms with E-state index in [1.54, 1.807) is 0 Å². The minimum atomic E-state index is -0.0450. The fourth-order valence-corrected chi connectivity index (χ4v) is 3.82. The summed E-state index contributed by atoms with van der Waals surface area (Å²) in [6.45, 7) is 1.61. The summed E-state index contributed by atoms with van der Waals surface area (Å²) in [6, 6.07) is 0.401. The summed E-state index contributed by atoms with van der Waals surface area (Å²) in [5, 5.41) is 16.2. The maximum Gasteiger partial charge on any atom is 0.157 e. The van der Waals surface area contributed by atoms with Crippen LogP contribution in [-0.4, -0.2) is 45.7 Å². The fourth-order valence-electron chi connectivity index (χ4n) is 3.82. The molecule has 2 fully saturated rings. The van der Waals surface area contributed by atoms with E-state index >= 15 is 0 Å². The maximum atomic E-state index is 5.77. The molecule has 2 aromatic rings. The van der Waals surface area contributed by atoms with Crippen LogP contribution < -0.4 is 5.32 Å². The number of H-pyrrole nitrogens is 1. The van der Waals surface area contributed by atoms with E-state index in [-0.39, 0.29) is 5.60 Å². The highest BCUT2D eigenvalue weighted by atomic mass is 16.7. The number of oxime groups is 1. The lowest BCUT2D eigenvalue weighted by Crippen LogP contribution is -2.37. The van der Waals surface area contributed by atoms with Gasteiger partial charge < -0.3 is 14.9 Å². The van der Waals surface area contributed by atoms with Gasteiger partial charge in [0, 0.05) is 37.4 Å². The van der Waals surface area contributed by atoms with Crippen molar-refractivity contribution < 1.29 is 9.57 Å². The number of ether oxygens (including phenoxy) is 1.